The summed E-state index contributed by atoms with van der Waals surface area (Å²) in [6.45, 7) is 6.32. The van der Waals surface area contributed by atoms with E-state index in [1.165, 1.54) is 32.8 Å². The van der Waals surface area contributed by atoms with Crippen LogP contribution in [0.3, 0.4) is 0 Å². The molecule has 6 rings (SSSR count). The highest BCUT2D eigenvalue weighted by Gasteiger charge is 2.12. The summed E-state index contributed by atoms with van der Waals surface area (Å²) in [5.74, 6) is 0. The van der Waals surface area contributed by atoms with E-state index in [1.807, 2.05) is 30.9 Å². The Morgan fingerprint density at radius 3 is 2.17 bits per heavy atom. The summed E-state index contributed by atoms with van der Waals surface area (Å²) in [7, 11) is 0. The van der Waals surface area contributed by atoms with Gasteiger partial charge < -0.3 is 0 Å². The third kappa shape index (κ3) is 3.95. The molecule has 3 aromatic heterocycles. The van der Waals surface area contributed by atoms with Crippen LogP contribution in [0.4, 0.5) is 0 Å². The lowest BCUT2D eigenvalue weighted by molar-refractivity contribution is 1.28. The Kier molecular flexibility index (Phi) is 5.11. The van der Waals surface area contributed by atoms with Gasteiger partial charge in [0.2, 0.25) is 0 Å². The maximum atomic E-state index is 4.74. The Balaban J connectivity index is 1.52. The number of hydrogen-bond donors (Lipinski definition) is 0. The van der Waals surface area contributed by atoms with Gasteiger partial charge in [-0.15, -0.1) is 0 Å². The van der Waals surface area contributed by atoms with E-state index in [2.05, 4.69) is 97.5 Å². The quantitative estimate of drug-likeness (QED) is 0.255. The second kappa shape index (κ2) is 8.44. The molecule has 0 unspecified atom stereocenters. The molecule has 0 N–H and O–H groups in total. The number of nitrogens with zero attached hydrogens (tertiary/aromatic N) is 3. The smallest absolute Gasteiger partial charge is 0.0714 e. The monoisotopic (exact) mass is 451 g/mol. The first-order valence-electron chi connectivity index (χ1n) is 11.8. The minimum absolute atomic E-state index is 0.980. The molecule has 35 heavy (non-hydrogen) atoms. The molecule has 0 atom stereocenters. The van der Waals surface area contributed by atoms with Crippen molar-refractivity contribution in [3.8, 4) is 33.5 Å². The van der Waals surface area contributed by atoms with E-state index in [1.54, 1.807) is 0 Å². The first-order valence-corrected chi connectivity index (χ1v) is 11.8. The average Bonchev–Trinajstić information content (AvgIpc) is 2.88. The second-order valence-corrected chi connectivity index (χ2v) is 9.31. The van der Waals surface area contributed by atoms with Crippen LogP contribution < -0.4 is 0 Å². The molecule has 3 aromatic carbocycles. The molecule has 0 saturated heterocycles. The summed E-state index contributed by atoms with van der Waals surface area (Å²) in [6, 6.07) is 26.0. The van der Waals surface area contributed by atoms with Gasteiger partial charge in [-0.05, 0) is 90.2 Å². The van der Waals surface area contributed by atoms with Crippen molar-refractivity contribution in [2.75, 3.05) is 0 Å². The third-order valence-corrected chi connectivity index (χ3v) is 6.55. The fourth-order valence-corrected chi connectivity index (χ4v) is 4.78. The van der Waals surface area contributed by atoms with Crippen LogP contribution in [-0.2, 0) is 0 Å². The molecule has 0 radical (unpaired) electrons. The van der Waals surface area contributed by atoms with Crippen molar-refractivity contribution in [3.63, 3.8) is 0 Å². The maximum Gasteiger partial charge on any atom is 0.0714 e. The number of rotatable bonds is 3. The SMILES string of the molecule is Cc1ccnc(-c2cccc(-c3cncc(-c4cc5ncc(C)cc5c5ccc(C)cc45)c3)c2)c1. The van der Waals surface area contributed by atoms with Gasteiger partial charge in [0.15, 0.2) is 0 Å². The normalized spacial score (nSPS) is 11.3. The third-order valence-electron chi connectivity index (χ3n) is 6.55. The van der Waals surface area contributed by atoms with E-state index in [0.29, 0.717) is 0 Å². The Hall–Kier alpha value is -4.37. The highest BCUT2D eigenvalue weighted by molar-refractivity contribution is 6.13. The van der Waals surface area contributed by atoms with Crippen molar-refractivity contribution in [1.29, 1.82) is 0 Å². The van der Waals surface area contributed by atoms with Gasteiger partial charge in [0, 0.05) is 46.9 Å². The largest absolute Gasteiger partial charge is 0.263 e. The van der Waals surface area contributed by atoms with E-state index in [0.717, 1.165) is 39.0 Å². The van der Waals surface area contributed by atoms with Crippen molar-refractivity contribution >= 4 is 21.7 Å². The molecule has 3 heterocycles. The van der Waals surface area contributed by atoms with Crippen LogP contribution in [0.2, 0.25) is 0 Å². The molecular formula is C32H25N3. The van der Waals surface area contributed by atoms with Crippen molar-refractivity contribution in [1.82, 2.24) is 15.0 Å². The molecule has 0 aliphatic carbocycles. The summed E-state index contributed by atoms with van der Waals surface area (Å²) in [5.41, 5.74) is 11.1. The molecule has 0 spiro atoms. The molecule has 3 heteroatoms. The van der Waals surface area contributed by atoms with Gasteiger partial charge in [0.1, 0.15) is 0 Å². The maximum absolute atomic E-state index is 4.74. The first-order chi connectivity index (χ1) is 17.0. The Morgan fingerprint density at radius 2 is 1.29 bits per heavy atom. The van der Waals surface area contributed by atoms with Crippen molar-refractivity contribution in [2.45, 2.75) is 20.8 Å². The number of benzene rings is 3. The van der Waals surface area contributed by atoms with Crippen LogP contribution in [0.15, 0.2) is 97.6 Å². The number of fused-ring (bicyclic) bond motifs is 3. The van der Waals surface area contributed by atoms with E-state index < -0.39 is 0 Å². The van der Waals surface area contributed by atoms with Crippen LogP contribution in [0.25, 0.3) is 55.2 Å². The average molecular weight is 452 g/mol. The summed E-state index contributed by atoms with van der Waals surface area (Å²) in [6.07, 6.45) is 7.68. The summed E-state index contributed by atoms with van der Waals surface area (Å²) in [5, 5.41) is 3.63. The molecule has 0 bridgehead atoms. The van der Waals surface area contributed by atoms with E-state index in [-0.39, 0.29) is 0 Å². The number of aromatic nitrogens is 3. The molecule has 0 aliphatic rings. The van der Waals surface area contributed by atoms with E-state index in [9.17, 15) is 0 Å². The van der Waals surface area contributed by atoms with Gasteiger partial charge in [-0.3, -0.25) is 15.0 Å². The predicted octanol–water partition coefficient (Wildman–Crippen LogP) is 8.10. The van der Waals surface area contributed by atoms with Crippen LogP contribution >= 0.6 is 0 Å². The highest BCUT2D eigenvalue weighted by atomic mass is 14.7. The summed E-state index contributed by atoms with van der Waals surface area (Å²) < 4.78 is 0. The van der Waals surface area contributed by atoms with Gasteiger partial charge in [-0.1, -0.05) is 42.0 Å². The minimum atomic E-state index is 0.980. The first kappa shape index (κ1) is 21.2. The molecule has 3 nitrogen and oxygen atoms in total. The van der Waals surface area contributed by atoms with Crippen molar-refractivity contribution < 1.29 is 0 Å². The van der Waals surface area contributed by atoms with Crippen molar-refractivity contribution in [2.24, 2.45) is 0 Å². The van der Waals surface area contributed by atoms with Crippen LogP contribution in [0.1, 0.15) is 16.7 Å². The van der Waals surface area contributed by atoms with Gasteiger partial charge >= 0.3 is 0 Å². The number of hydrogen-bond acceptors (Lipinski definition) is 3. The Morgan fingerprint density at radius 1 is 0.514 bits per heavy atom. The molecule has 0 aliphatic heterocycles. The van der Waals surface area contributed by atoms with Gasteiger partial charge in [0.25, 0.3) is 0 Å². The lowest BCUT2D eigenvalue weighted by Gasteiger charge is -2.13. The fourth-order valence-electron chi connectivity index (χ4n) is 4.78. The second-order valence-electron chi connectivity index (χ2n) is 9.31. The zero-order chi connectivity index (χ0) is 23.9. The Labute approximate surface area is 205 Å². The molecule has 168 valence electrons. The predicted molar refractivity (Wildman–Crippen MR) is 145 cm³/mol. The molecule has 6 aromatic rings. The van der Waals surface area contributed by atoms with Gasteiger partial charge in [-0.2, -0.15) is 0 Å². The fraction of sp³-hybridized carbons (Fsp3) is 0.0938. The Bertz CT molecular complexity index is 1730. The zero-order valence-corrected chi connectivity index (χ0v) is 20.1. The topological polar surface area (TPSA) is 38.7 Å². The molecule has 0 saturated carbocycles. The summed E-state index contributed by atoms with van der Waals surface area (Å²) >= 11 is 0. The van der Waals surface area contributed by atoms with Gasteiger partial charge in [0.05, 0.1) is 11.2 Å². The lowest BCUT2D eigenvalue weighted by atomic mass is 9.93. The molecule has 0 amide bonds. The van der Waals surface area contributed by atoms with Crippen LogP contribution in [0, 0.1) is 20.8 Å². The zero-order valence-electron chi connectivity index (χ0n) is 20.1. The number of pyridine rings is 3. The minimum Gasteiger partial charge on any atom is -0.263 e. The molecule has 0 fully saturated rings. The standard InChI is InChI=1S/C32H25N3/c1-20-7-8-27-29(11-20)28(16-32-30(27)12-22(3)17-35-32)26-15-25(18-33-19-26)23-5-4-6-24(14-23)31-13-21(2)9-10-34-31/h4-19H,1-3H3. The van der Waals surface area contributed by atoms with Crippen LogP contribution in [0.5, 0.6) is 0 Å². The number of aryl methyl sites for hydroxylation is 3. The van der Waals surface area contributed by atoms with Crippen LogP contribution in [-0.4, -0.2) is 15.0 Å². The lowest BCUT2D eigenvalue weighted by Crippen LogP contribution is -1.90. The van der Waals surface area contributed by atoms with E-state index >= 15 is 0 Å². The van der Waals surface area contributed by atoms with E-state index in [4.69, 9.17) is 4.98 Å². The molecular weight excluding hydrogens is 426 g/mol. The van der Waals surface area contributed by atoms with Crippen molar-refractivity contribution in [3.05, 3.63) is 114 Å². The highest BCUT2D eigenvalue weighted by Crippen LogP contribution is 2.36. The van der Waals surface area contributed by atoms with Gasteiger partial charge in [-0.25, -0.2) is 0 Å². The summed E-state index contributed by atoms with van der Waals surface area (Å²) in [4.78, 5) is 14.0.